The fraction of sp³-hybridized carbons (Fsp3) is 0.200. The number of hydrogen-bond acceptors (Lipinski definition) is 4. The second-order valence-corrected chi connectivity index (χ2v) is 4.67. The zero-order chi connectivity index (χ0) is 15.6. The molecule has 3 N–H and O–H groups in total. The van der Waals surface area contributed by atoms with E-state index in [-0.39, 0.29) is 23.8 Å². The number of benzene rings is 1. The van der Waals surface area contributed by atoms with Crippen molar-refractivity contribution < 1.29 is 24.2 Å². The molecule has 0 bridgehead atoms. The summed E-state index contributed by atoms with van der Waals surface area (Å²) >= 11 is 0. The zero-order valence-electron chi connectivity index (χ0n) is 11.6. The van der Waals surface area contributed by atoms with Crippen LogP contribution in [0, 0.1) is 13.8 Å². The van der Waals surface area contributed by atoms with Crippen LogP contribution in [0.2, 0.25) is 0 Å². The second-order valence-electron chi connectivity index (χ2n) is 4.67. The van der Waals surface area contributed by atoms with Gasteiger partial charge in [-0.15, -0.1) is 0 Å². The lowest BCUT2D eigenvalue weighted by molar-refractivity contribution is 0.0694. The van der Waals surface area contributed by atoms with Crippen molar-refractivity contribution in [2.24, 2.45) is 0 Å². The summed E-state index contributed by atoms with van der Waals surface area (Å²) in [7, 11) is 0. The van der Waals surface area contributed by atoms with Crippen LogP contribution in [0.4, 0.5) is 0 Å². The van der Waals surface area contributed by atoms with Gasteiger partial charge >= 0.3 is 5.97 Å². The molecule has 2 rings (SSSR count). The number of aryl methyl sites for hydroxylation is 2. The van der Waals surface area contributed by atoms with Gasteiger partial charge in [-0.25, -0.2) is 4.79 Å². The molecule has 2 aromatic rings. The molecule has 0 aliphatic carbocycles. The molecule has 0 aliphatic rings. The fourth-order valence-electron chi connectivity index (χ4n) is 1.86. The molecular weight excluding hydrogens is 274 g/mol. The van der Waals surface area contributed by atoms with Gasteiger partial charge < -0.3 is 19.9 Å². The van der Waals surface area contributed by atoms with Gasteiger partial charge in [-0.1, -0.05) is 6.07 Å². The average molecular weight is 289 g/mol. The van der Waals surface area contributed by atoms with Crippen molar-refractivity contribution in [2.75, 3.05) is 0 Å². The highest BCUT2D eigenvalue weighted by molar-refractivity contribution is 5.94. The second kappa shape index (κ2) is 5.70. The summed E-state index contributed by atoms with van der Waals surface area (Å²) < 4.78 is 5.26. The van der Waals surface area contributed by atoms with Crippen LogP contribution < -0.4 is 5.32 Å². The SMILES string of the molecule is Cc1ccc(C(=O)NCc2cc(C(=O)O)c(C)o2)cc1O. The van der Waals surface area contributed by atoms with Crippen molar-refractivity contribution in [3.63, 3.8) is 0 Å². The van der Waals surface area contributed by atoms with E-state index >= 15 is 0 Å². The molecule has 0 saturated heterocycles. The van der Waals surface area contributed by atoms with E-state index in [0.717, 1.165) is 0 Å². The number of furan rings is 1. The lowest BCUT2D eigenvalue weighted by Gasteiger charge is -2.05. The molecule has 0 fully saturated rings. The van der Waals surface area contributed by atoms with Crippen molar-refractivity contribution in [3.05, 3.63) is 52.5 Å². The number of carboxylic acid groups (broad SMARTS) is 1. The lowest BCUT2D eigenvalue weighted by Crippen LogP contribution is -2.22. The molecule has 6 heteroatoms. The van der Waals surface area contributed by atoms with Crippen LogP contribution in [0.3, 0.4) is 0 Å². The molecule has 0 saturated carbocycles. The Labute approximate surface area is 121 Å². The number of aromatic carboxylic acids is 1. The van der Waals surface area contributed by atoms with Gasteiger partial charge in [-0.05, 0) is 37.6 Å². The third-order valence-corrected chi connectivity index (χ3v) is 3.09. The summed E-state index contributed by atoms with van der Waals surface area (Å²) in [6, 6.07) is 6.00. The molecule has 1 aromatic heterocycles. The number of phenols is 1. The van der Waals surface area contributed by atoms with Crippen LogP contribution in [0.1, 0.15) is 37.8 Å². The maximum atomic E-state index is 11.9. The van der Waals surface area contributed by atoms with Crippen LogP contribution in [0.15, 0.2) is 28.7 Å². The first-order valence-electron chi connectivity index (χ1n) is 6.29. The van der Waals surface area contributed by atoms with E-state index in [1.165, 1.54) is 12.1 Å². The minimum Gasteiger partial charge on any atom is -0.508 e. The first-order valence-corrected chi connectivity index (χ1v) is 6.29. The standard InChI is InChI=1S/C15H15NO5/c1-8-3-4-10(5-13(8)17)14(18)16-7-11-6-12(15(19)20)9(2)21-11/h3-6,17H,7H2,1-2H3,(H,16,18)(H,19,20). The Balaban J connectivity index is 2.05. The number of hydrogen-bond donors (Lipinski definition) is 3. The van der Waals surface area contributed by atoms with Gasteiger partial charge in [0.05, 0.1) is 6.54 Å². The highest BCUT2D eigenvalue weighted by Gasteiger charge is 2.14. The Hall–Kier alpha value is -2.76. The maximum absolute atomic E-state index is 11.9. The molecule has 1 amide bonds. The summed E-state index contributed by atoms with van der Waals surface area (Å²) in [5.41, 5.74) is 1.08. The molecule has 0 unspecified atom stereocenters. The van der Waals surface area contributed by atoms with E-state index in [4.69, 9.17) is 9.52 Å². The van der Waals surface area contributed by atoms with E-state index in [9.17, 15) is 14.7 Å². The lowest BCUT2D eigenvalue weighted by atomic mass is 10.1. The minimum atomic E-state index is -1.07. The molecule has 0 aliphatic heterocycles. The Bertz CT molecular complexity index is 702. The fourth-order valence-corrected chi connectivity index (χ4v) is 1.86. The van der Waals surface area contributed by atoms with E-state index in [2.05, 4.69) is 5.32 Å². The molecule has 110 valence electrons. The van der Waals surface area contributed by atoms with Gasteiger partial charge in [-0.2, -0.15) is 0 Å². The monoisotopic (exact) mass is 289 g/mol. The van der Waals surface area contributed by atoms with E-state index < -0.39 is 5.97 Å². The Kier molecular flexibility index (Phi) is 3.98. The molecule has 1 heterocycles. The van der Waals surface area contributed by atoms with Crippen molar-refractivity contribution in [2.45, 2.75) is 20.4 Å². The van der Waals surface area contributed by atoms with Crippen molar-refractivity contribution in [3.8, 4) is 5.75 Å². The Morgan fingerprint density at radius 1 is 1.24 bits per heavy atom. The van der Waals surface area contributed by atoms with Gasteiger partial charge in [0.15, 0.2) is 0 Å². The zero-order valence-corrected chi connectivity index (χ0v) is 11.6. The summed E-state index contributed by atoms with van der Waals surface area (Å²) in [5, 5.41) is 21.1. The van der Waals surface area contributed by atoms with E-state index in [1.807, 2.05) is 0 Å². The third kappa shape index (κ3) is 3.22. The number of nitrogens with one attached hydrogen (secondary N) is 1. The number of phenolic OH excluding ortho intramolecular Hbond substituents is 1. The first-order chi connectivity index (χ1) is 9.88. The highest BCUT2D eigenvalue weighted by Crippen LogP contribution is 2.18. The van der Waals surface area contributed by atoms with Gasteiger partial charge in [0.1, 0.15) is 22.8 Å². The average Bonchev–Trinajstić information content (AvgIpc) is 2.80. The summed E-state index contributed by atoms with van der Waals surface area (Å²) in [6.45, 7) is 3.35. The highest BCUT2D eigenvalue weighted by atomic mass is 16.4. The predicted molar refractivity (Wildman–Crippen MR) is 74.4 cm³/mol. The Morgan fingerprint density at radius 3 is 2.52 bits per heavy atom. The van der Waals surface area contributed by atoms with Crippen LogP contribution >= 0.6 is 0 Å². The van der Waals surface area contributed by atoms with E-state index in [1.54, 1.807) is 26.0 Å². The van der Waals surface area contributed by atoms with Gasteiger partial charge in [-0.3, -0.25) is 4.79 Å². The van der Waals surface area contributed by atoms with Gasteiger partial charge in [0.2, 0.25) is 0 Å². The Morgan fingerprint density at radius 2 is 1.95 bits per heavy atom. The number of carboxylic acids is 1. The summed E-state index contributed by atoms with van der Waals surface area (Å²) in [6.07, 6.45) is 0. The smallest absolute Gasteiger partial charge is 0.339 e. The van der Waals surface area contributed by atoms with E-state index in [0.29, 0.717) is 22.6 Å². The van der Waals surface area contributed by atoms with Crippen molar-refractivity contribution in [1.82, 2.24) is 5.32 Å². The van der Waals surface area contributed by atoms with Crippen LogP contribution in [0.5, 0.6) is 5.75 Å². The van der Waals surface area contributed by atoms with Crippen molar-refractivity contribution >= 4 is 11.9 Å². The predicted octanol–water partition coefficient (Wildman–Crippen LogP) is 2.23. The quantitative estimate of drug-likeness (QED) is 0.801. The molecule has 21 heavy (non-hydrogen) atoms. The van der Waals surface area contributed by atoms with Crippen LogP contribution in [-0.4, -0.2) is 22.1 Å². The molecule has 1 aromatic carbocycles. The molecule has 0 radical (unpaired) electrons. The number of carbonyl (C=O) groups is 2. The summed E-state index contributed by atoms with van der Waals surface area (Å²) in [5.74, 6) is -0.757. The van der Waals surface area contributed by atoms with Crippen LogP contribution in [-0.2, 0) is 6.54 Å². The first kappa shape index (κ1) is 14.6. The van der Waals surface area contributed by atoms with Gasteiger partial charge in [0.25, 0.3) is 5.91 Å². The number of amides is 1. The van der Waals surface area contributed by atoms with Crippen LogP contribution in [0.25, 0.3) is 0 Å². The number of aromatic hydroxyl groups is 1. The molecule has 0 atom stereocenters. The van der Waals surface area contributed by atoms with Gasteiger partial charge in [0, 0.05) is 5.56 Å². The number of carbonyl (C=O) groups excluding carboxylic acids is 1. The topological polar surface area (TPSA) is 99.8 Å². The minimum absolute atomic E-state index is 0.0460. The summed E-state index contributed by atoms with van der Waals surface area (Å²) in [4.78, 5) is 22.8. The molecular formula is C15H15NO5. The molecule has 6 nitrogen and oxygen atoms in total. The maximum Gasteiger partial charge on any atom is 0.339 e. The normalized spacial score (nSPS) is 10.4. The molecule has 0 spiro atoms. The third-order valence-electron chi connectivity index (χ3n) is 3.09. The largest absolute Gasteiger partial charge is 0.508 e. The number of rotatable bonds is 4. The van der Waals surface area contributed by atoms with Crippen molar-refractivity contribution in [1.29, 1.82) is 0 Å².